The van der Waals surface area contributed by atoms with Crippen molar-refractivity contribution in [2.75, 3.05) is 0 Å². The summed E-state index contributed by atoms with van der Waals surface area (Å²) in [5.74, 6) is 0. The van der Waals surface area contributed by atoms with E-state index in [-0.39, 0.29) is 6.61 Å². The van der Waals surface area contributed by atoms with Gasteiger partial charge in [0.25, 0.3) is 0 Å². The fraction of sp³-hybridized carbons (Fsp3) is 0.647. The number of rotatable bonds is 4. The van der Waals surface area contributed by atoms with E-state index in [1.807, 2.05) is 0 Å². The van der Waals surface area contributed by atoms with E-state index in [1.54, 1.807) is 0 Å². The molecular formula is C17H27NO. The maximum Gasteiger partial charge on any atom is 0.0684 e. The molecule has 0 fully saturated rings. The van der Waals surface area contributed by atoms with Gasteiger partial charge >= 0.3 is 0 Å². The number of hydrogen-bond donors (Lipinski definition) is 1. The fourth-order valence-electron chi connectivity index (χ4n) is 3.69. The van der Waals surface area contributed by atoms with Crippen LogP contribution in [0, 0.1) is 0 Å². The largest absolute Gasteiger partial charge is 0.392 e. The van der Waals surface area contributed by atoms with E-state index >= 15 is 0 Å². The van der Waals surface area contributed by atoms with Gasteiger partial charge in [-0.05, 0) is 63.6 Å². The number of aliphatic hydroxyl groups is 1. The van der Waals surface area contributed by atoms with Crippen molar-refractivity contribution < 1.29 is 5.11 Å². The Morgan fingerprint density at radius 1 is 1.21 bits per heavy atom. The van der Waals surface area contributed by atoms with Gasteiger partial charge in [-0.15, -0.1) is 0 Å². The summed E-state index contributed by atoms with van der Waals surface area (Å²) in [4.78, 5) is 2.62. The standard InChI is InChI=1S/C17H27NO/c1-12(2)18(13(3)4)16-9-8-14-6-5-7-15(11-19)17(14)10-16/h5-7,12-13,16,19H,8-11H2,1-4H3/t16-/m0/s1. The first-order valence-corrected chi connectivity index (χ1v) is 7.52. The normalized spacial score (nSPS) is 19.3. The number of aryl methyl sites for hydroxylation is 1. The van der Waals surface area contributed by atoms with Crippen LogP contribution < -0.4 is 0 Å². The first kappa shape index (κ1) is 14.5. The lowest BCUT2D eigenvalue weighted by atomic mass is 9.84. The molecule has 1 atom stereocenters. The summed E-state index contributed by atoms with van der Waals surface area (Å²) in [6, 6.07) is 8.13. The zero-order valence-electron chi connectivity index (χ0n) is 12.7. The van der Waals surface area contributed by atoms with Gasteiger partial charge in [0.15, 0.2) is 0 Å². The number of nitrogens with zero attached hydrogens (tertiary/aromatic N) is 1. The van der Waals surface area contributed by atoms with Gasteiger partial charge in [0.2, 0.25) is 0 Å². The molecule has 1 N–H and O–H groups in total. The van der Waals surface area contributed by atoms with Crippen LogP contribution in [0.1, 0.15) is 50.8 Å². The molecule has 0 spiro atoms. The van der Waals surface area contributed by atoms with Crippen molar-refractivity contribution in [2.24, 2.45) is 0 Å². The first-order chi connectivity index (χ1) is 9.04. The molecule has 1 aromatic rings. The summed E-state index contributed by atoms with van der Waals surface area (Å²) >= 11 is 0. The van der Waals surface area contributed by atoms with Crippen LogP contribution in [0.5, 0.6) is 0 Å². The highest BCUT2D eigenvalue weighted by Crippen LogP contribution is 2.29. The van der Waals surface area contributed by atoms with Crippen molar-refractivity contribution in [1.82, 2.24) is 4.90 Å². The number of aliphatic hydroxyl groups excluding tert-OH is 1. The molecule has 1 aliphatic rings. The molecule has 0 heterocycles. The van der Waals surface area contributed by atoms with Crippen molar-refractivity contribution in [3.05, 3.63) is 34.9 Å². The highest BCUT2D eigenvalue weighted by atomic mass is 16.3. The lowest BCUT2D eigenvalue weighted by molar-refractivity contribution is 0.102. The smallest absolute Gasteiger partial charge is 0.0684 e. The van der Waals surface area contributed by atoms with Gasteiger partial charge < -0.3 is 5.11 Å². The SMILES string of the molecule is CC(C)N(C(C)C)[C@H]1CCc2cccc(CO)c2C1. The van der Waals surface area contributed by atoms with Crippen LogP contribution in [0.4, 0.5) is 0 Å². The molecule has 2 rings (SSSR count). The molecule has 0 aliphatic heterocycles. The second-order valence-corrected chi connectivity index (χ2v) is 6.24. The molecule has 2 nitrogen and oxygen atoms in total. The monoisotopic (exact) mass is 261 g/mol. The van der Waals surface area contributed by atoms with Gasteiger partial charge in [0, 0.05) is 18.1 Å². The Hall–Kier alpha value is -0.860. The molecule has 1 aromatic carbocycles. The average Bonchev–Trinajstić information content (AvgIpc) is 2.37. The summed E-state index contributed by atoms with van der Waals surface area (Å²) in [5, 5.41) is 9.52. The van der Waals surface area contributed by atoms with E-state index < -0.39 is 0 Å². The fourth-order valence-corrected chi connectivity index (χ4v) is 3.69. The van der Waals surface area contributed by atoms with E-state index in [9.17, 15) is 5.11 Å². The van der Waals surface area contributed by atoms with Crippen LogP contribution in [0.2, 0.25) is 0 Å². The third-order valence-electron chi connectivity index (χ3n) is 4.34. The van der Waals surface area contributed by atoms with Gasteiger partial charge in [-0.25, -0.2) is 0 Å². The third-order valence-corrected chi connectivity index (χ3v) is 4.34. The minimum Gasteiger partial charge on any atom is -0.392 e. The Bertz CT molecular complexity index is 403. The minimum absolute atomic E-state index is 0.166. The lowest BCUT2D eigenvalue weighted by Gasteiger charge is -2.41. The van der Waals surface area contributed by atoms with Crippen LogP contribution in [0.3, 0.4) is 0 Å². The molecule has 2 heteroatoms. The summed E-state index contributed by atoms with van der Waals surface area (Å²) in [7, 11) is 0. The van der Waals surface area contributed by atoms with E-state index in [0.717, 1.165) is 18.4 Å². The zero-order chi connectivity index (χ0) is 14.0. The summed E-state index contributed by atoms with van der Waals surface area (Å²) < 4.78 is 0. The molecule has 0 aromatic heterocycles. The Balaban J connectivity index is 2.25. The number of benzene rings is 1. The maximum absolute atomic E-state index is 9.52. The van der Waals surface area contributed by atoms with Crippen LogP contribution in [-0.4, -0.2) is 28.1 Å². The number of fused-ring (bicyclic) bond motifs is 1. The molecule has 19 heavy (non-hydrogen) atoms. The van der Waals surface area contributed by atoms with Gasteiger partial charge in [0.1, 0.15) is 0 Å². The molecule has 0 amide bonds. The van der Waals surface area contributed by atoms with Crippen LogP contribution in [0.15, 0.2) is 18.2 Å². The molecule has 0 bridgehead atoms. The quantitative estimate of drug-likeness (QED) is 0.900. The molecule has 0 unspecified atom stereocenters. The first-order valence-electron chi connectivity index (χ1n) is 7.52. The van der Waals surface area contributed by atoms with Crippen molar-refractivity contribution in [3.63, 3.8) is 0 Å². The van der Waals surface area contributed by atoms with Crippen molar-refractivity contribution in [1.29, 1.82) is 0 Å². The van der Waals surface area contributed by atoms with Crippen LogP contribution in [0.25, 0.3) is 0 Å². The molecule has 1 aliphatic carbocycles. The third kappa shape index (κ3) is 3.01. The maximum atomic E-state index is 9.52. The highest BCUT2D eigenvalue weighted by Gasteiger charge is 2.28. The predicted octanol–water partition coefficient (Wildman–Crippen LogP) is 3.16. The number of hydrogen-bond acceptors (Lipinski definition) is 2. The topological polar surface area (TPSA) is 23.5 Å². The van der Waals surface area contributed by atoms with Crippen LogP contribution >= 0.6 is 0 Å². The minimum atomic E-state index is 0.166. The predicted molar refractivity (Wildman–Crippen MR) is 80.3 cm³/mol. The van der Waals surface area contributed by atoms with Gasteiger partial charge in [-0.2, -0.15) is 0 Å². The van der Waals surface area contributed by atoms with Crippen molar-refractivity contribution >= 4 is 0 Å². The van der Waals surface area contributed by atoms with Gasteiger partial charge in [0.05, 0.1) is 6.61 Å². The molecule has 0 radical (unpaired) electrons. The van der Waals surface area contributed by atoms with E-state index in [4.69, 9.17) is 0 Å². The molecule has 0 saturated carbocycles. The molecule has 0 saturated heterocycles. The summed E-state index contributed by atoms with van der Waals surface area (Å²) in [6.07, 6.45) is 3.46. The second kappa shape index (κ2) is 6.06. The summed E-state index contributed by atoms with van der Waals surface area (Å²) in [5.41, 5.74) is 3.96. The van der Waals surface area contributed by atoms with Gasteiger partial charge in [-0.3, -0.25) is 4.90 Å². The zero-order valence-corrected chi connectivity index (χ0v) is 12.7. The molecular weight excluding hydrogens is 234 g/mol. The highest BCUT2D eigenvalue weighted by molar-refractivity contribution is 5.37. The lowest BCUT2D eigenvalue weighted by Crippen LogP contribution is -2.47. The second-order valence-electron chi connectivity index (χ2n) is 6.24. The Morgan fingerprint density at radius 2 is 1.89 bits per heavy atom. The Labute approximate surface area is 117 Å². The average molecular weight is 261 g/mol. The van der Waals surface area contributed by atoms with E-state index in [2.05, 4.69) is 50.8 Å². The Kier molecular flexibility index (Phi) is 4.64. The van der Waals surface area contributed by atoms with Crippen LogP contribution in [-0.2, 0) is 19.4 Å². The van der Waals surface area contributed by atoms with Crippen molar-refractivity contribution in [2.45, 2.75) is 71.7 Å². The van der Waals surface area contributed by atoms with Crippen molar-refractivity contribution in [3.8, 4) is 0 Å². The van der Waals surface area contributed by atoms with E-state index in [0.29, 0.717) is 18.1 Å². The van der Waals surface area contributed by atoms with E-state index in [1.165, 1.54) is 17.5 Å². The summed E-state index contributed by atoms with van der Waals surface area (Å²) in [6.45, 7) is 9.31. The Morgan fingerprint density at radius 3 is 2.47 bits per heavy atom. The van der Waals surface area contributed by atoms with Gasteiger partial charge in [-0.1, -0.05) is 18.2 Å². The molecule has 106 valence electrons.